The first kappa shape index (κ1) is 40.2. The van der Waals surface area contributed by atoms with Gasteiger partial charge >= 0.3 is 5.97 Å². The lowest BCUT2D eigenvalue weighted by Gasteiger charge is -2.43. The number of hydrogen-bond acceptors (Lipinski definition) is 6. The summed E-state index contributed by atoms with van der Waals surface area (Å²) >= 11 is 3.41. The molecule has 1 saturated carbocycles. The van der Waals surface area contributed by atoms with E-state index in [0.717, 1.165) is 34.3 Å². The fourth-order valence-corrected chi connectivity index (χ4v) is 14.7. The van der Waals surface area contributed by atoms with Crippen molar-refractivity contribution in [2.45, 2.75) is 90.5 Å². The van der Waals surface area contributed by atoms with Crippen molar-refractivity contribution in [1.29, 1.82) is 0 Å². The topological polar surface area (TPSA) is 86.7 Å². The van der Waals surface area contributed by atoms with E-state index in [0.29, 0.717) is 25.7 Å². The van der Waals surface area contributed by atoms with Crippen molar-refractivity contribution in [3.05, 3.63) is 96.1 Å². The van der Waals surface area contributed by atoms with E-state index in [1.165, 1.54) is 7.11 Å². The normalized spacial score (nSPS) is 16.0. The Bertz CT molecular complexity index is 1670. The van der Waals surface area contributed by atoms with Crippen LogP contribution in [0, 0.1) is 10.8 Å². The van der Waals surface area contributed by atoms with E-state index in [-0.39, 0.29) is 40.2 Å². The van der Waals surface area contributed by atoms with Gasteiger partial charge in [-0.3, -0.25) is 9.59 Å². The summed E-state index contributed by atoms with van der Waals surface area (Å²) in [5, 5.41) is 2.23. The first-order valence-electron chi connectivity index (χ1n) is 17.7. The van der Waals surface area contributed by atoms with E-state index in [1.54, 1.807) is 0 Å². The quantitative estimate of drug-likeness (QED) is 0.0752. The Balaban J connectivity index is 1.43. The van der Waals surface area contributed by atoms with Gasteiger partial charge < -0.3 is 9.16 Å². The summed E-state index contributed by atoms with van der Waals surface area (Å²) in [5.41, 5.74) is 0.246. The Hall–Kier alpha value is -2.59. The Kier molecular flexibility index (Phi) is 12.8. The molecular weight excluding hydrogens is 729 g/mol. The van der Waals surface area contributed by atoms with Crippen molar-refractivity contribution in [2.75, 3.05) is 30.6 Å². The fraction of sp³-hybridized carbons (Fsp3) is 0.512. The van der Waals surface area contributed by atoms with Gasteiger partial charge in [0, 0.05) is 6.61 Å². The van der Waals surface area contributed by atoms with Crippen LogP contribution >= 0.6 is 15.9 Å². The summed E-state index contributed by atoms with van der Waals surface area (Å²) in [6.45, 7) is 12.7. The van der Waals surface area contributed by atoms with Crippen LogP contribution < -0.4 is 10.4 Å². The third-order valence-corrected chi connectivity index (χ3v) is 18.1. The van der Waals surface area contributed by atoms with E-state index >= 15 is 0 Å². The summed E-state index contributed by atoms with van der Waals surface area (Å²) in [6, 6.07) is 28.5. The molecule has 1 unspecified atom stereocenters. The third kappa shape index (κ3) is 9.25. The Morgan fingerprint density at radius 1 is 0.840 bits per heavy atom. The molecular formula is C41H55BrO6SSi. The largest absolute Gasteiger partial charge is 0.469 e. The number of hydrogen-bond donors (Lipinski definition) is 0. The summed E-state index contributed by atoms with van der Waals surface area (Å²) < 4.78 is 39.3. The first-order chi connectivity index (χ1) is 23.4. The average molecular weight is 784 g/mol. The second-order valence-electron chi connectivity index (χ2n) is 16.2. The number of carbonyl (C=O) groups is 2. The smallest absolute Gasteiger partial charge is 0.312 e. The van der Waals surface area contributed by atoms with Gasteiger partial charge in [0.1, 0.15) is 0 Å². The van der Waals surface area contributed by atoms with Crippen LogP contribution in [0.1, 0.15) is 84.8 Å². The zero-order valence-corrected chi connectivity index (χ0v) is 34.3. The Labute approximate surface area is 309 Å². The molecule has 50 heavy (non-hydrogen) atoms. The molecule has 1 aliphatic carbocycles. The van der Waals surface area contributed by atoms with Gasteiger partial charge in [0.05, 0.1) is 34.8 Å². The van der Waals surface area contributed by atoms with Gasteiger partial charge in [-0.15, -0.1) is 0 Å². The summed E-state index contributed by atoms with van der Waals surface area (Å²) in [6.07, 6.45) is 4.14. The molecule has 0 amide bonds. The SMILES string of the molecule is COC(=O)C1(Cc2cccc(C(C)(CCCC(C)(C)CS(=O)(=O)CCO[Si](c3ccccc3)(c3ccccc3)C(C)(C)C)C(=O)CBr)c2)CC1. The lowest BCUT2D eigenvalue weighted by Crippen LogP contribution is -2.66. The fourth-order valence-electron chi connectivity index (χ4n) is 7.57. The van der Waals surface area contributed by atoms with E-state index in [4.69, 9.17) is 9.16 Å². The van der Waals surface area contributed by atoms with Crippen LogP contribution in [0.25, 0.3) is 0 Å². The highest BCUT2D eigenvalue weighted by Crippen LogP contribution is 2.49. The highest BCUT2D eigenvalue weighted by molar-refractivity contribution is 9.09. The van der Waals surface area contributed by atoms with Gasteiger partial charge in [-0.05, 0) is 71.0 Å². The molecule has 0 saturated heterocycles. The zero-order valence-electron chi connectivity index (χ0n) is 30.9. The summed E-state index contributed by atoms with van der Waals surface area (Å²) in [7, 11) is -4.86. The van der Waals surface area contributed by atoms with Gasteiger partial charge in [-0.25, -0.2) is 8.42 Å². The molecule has 0 aromatic heterocycles. The molecule has 272 valence electrons. The molecule has 3 aromatic rings. The van der Waals surface area contributed by atoms with E-state index in [2.05, 4.69) is 67.0 Å². The number of carbonyl (C=O) groups excluding carboxylic acids is 2. The van der Waals surface area contributed by atoms with Crippen molar-refractivity contribution in [1.82, 2.24) is 0 Å². The van der Waals surface area contributed by atoms with Gasteiger partial charge in [0.15, 0.2) is 15.6 Å². The van der Waals surface area contributed by atoms with Gasteiger partial charge in [-0.2, -0.15) is 0 Å². The minimum atomic E-state index is -3.45. The minimum Gasteiger partial charge on any atom is -0.469 e. The van der Waals surface area contributed by atoms with Crippen molar-refractivity contribution in [2.24, 2.45) is 10.8 Å². The van der Waals surface area contributed by atoms with E-state index in [1.807, 2.05) is 75.4 Å². The van der Waals surface area contributed by atoms with Crippen LogP contribution in [-0.2, 0) is 40.4 Å². The number of benzene rings is 3. The van der Waals surface area contributed by atoms with E-state index < -0.39 is 34.4 Å². The predicted molar refractivity (Wildman–Crippen MR) is 210 cm³/mol. The van der Waals surface area contributed by atoms with Crippen LogP contribution in [0.15, 0.2) is 84.9 Å². The Morgan fingerprint density at radius 2 is 1.42 bits per heavy atom. The standard InChI is InChI=1S/C41H55BrO6SSi/c1-38(2,3)50(34-18-10-8-11-19-34,35-20-12-9-13-21-35)48-26-27-49(45,46)31-39(4,5)22-15-23-40(6,36(43)30-42)33-17-14-16-32(28-33)29-41(24-25-41)37(44)47-7/h8-14,16-21,28H,15,22-27,29-31H2,1-7H3. The maximum Gasteiger partial charge on any atom is 0.312 e. The molecule has 0 N–H and O–H groups in total. The molecule has 0 radical (unpaired) electrons. The second kappa shape index (κ2) is 16.0. The predicted octanol–water partition coefficient (Wildman–Crippen LogP) is 7.59. The molecule has 1 atom stereocenters. The monoisotopic (exact) mass is 782 g/mol. The molecule has 9 heteroatoms. The molecule has 0 spiro atoms. The van der Waals surface area contributed by atoms with Gasteiger partial charge in [0.25, 0.3) is 8.32 Å². The van der Waals surface area contributed by atoms with Crippen molar-refractivity contribution < 1.29 is 27.2 Å². The number of ketones is 1. The summed E-state index contributed by atoms with van der Waals surface area (Å²) in [4.78, 5) is 25.8. The maximum absolute atomic E-state index is 13.7. The van der Waals surface area contributed by atoms with Gasteiger partial charge in [-0.1, -0.05) is 142 Å². The number of methoxy groups -OCH3 is 1. The average Bonchev–Trinajstić information content (AvgIpc) is 3.86. The number of alkyl halides is 1. The van der Waals surface area contributed by atoms with Crippen molar-refractivity contribution in [3.63, 3.8) is 0 Å². The molecule has 4 rings (SSSR count). The second-order valence-corrected chi connectivity index (χ2v) is 23.2. The highest BCUT2D eigenvalue weighted by atomic mass is 79.9. The van der Waals surface area contributed by atoms with Crippen LogP contribution in [0.3, 0.4) is 0 Å². The molecule has 6 nitrogen and oxygen atoms in total. The van der Waals surface area contributed by atoms with Crippen LogP contribution in [0.4, 0.5) is 0 Å². The number of esters is 1. The number of halogens is 1. The third-order valence-electron chi connectivity index (χ3n) is 10.6. The summed E-state index contributed by atoms with van der Waals surface area (Å²) in [5.74, 6) is -0.109. The molecule has 1 fully saturated rings. The van der Waals surface area contributed by atoms with Crippen molar-refractivity contribution in [3.8, 4) is 0 Å². The molecule has 0 aliphatic heterocycles. The number of rotatable bonds is 18. The molecule has 0 bridgehead atoms. The van der Waals surface area contributed by atoms with Crippen LogP contribution in [-0.4, -0.2) is 59.0 Å². The molecule has 0 heterocycles. The molecule has 3 aromatic carbocycles. The first-order valence-corrected chi connectivity index (χ1v) is 22.5. The maximum atomic E-state index is 13.7. The van der Waals surface area contributed by atoms with Gasteiger partial charge in [0.2, 0.25) is 0 Å². The van der Waals surface area contributed by atoms with Crippen LogP contribution in [0.2, 0.25) is 5.04 Å². The highest BCUT2D eigenvalue weighted by Gasteiger charge is 2.51. The molecule has 1 aliphatic rings. The minimum absolute atomic E-state index is 0.0400. The number of sulfone groups is 1. The number of ether oxygens (including phenoxy) is 1. The van der Waals surface area contributed by atoms with Crippen molar-refractivity contribution >= 4 is 56.2 Å². The van der Waals surface area contributed by atoms with Crippen LogP contribution in [0.5, 0.6) is 0 Å². The number of Topliss-reactive ketones (excluding diaryl/α,β-unsaturated/α-hetero) is 1. The Morgan fingerprint density at radius 3 is 1.92 bits per heavy atom. The lowest BCUT2D eigenvalue weighted by atomic mass is 9.73. The lowest BCUT2D eigenvalue weighted by molar-refractivity contribution is -0.147. The zero-order chi connectivity index (χ0) is 36.8. The van der Waals surface area contributed by atoms with E-state index in [9.17, 15) is 18.0 Å².